The Morgan fingerprint density at radius 1 is 1.48 bits per heavy atom. The van der Waals surface area contributed by atoms with Gasteiger partial charge in [0.2, 0.25) is 5.91 Å². The minimum absolute atomic E-state index is 0.206. The molecule has 0 aromatic heterocycles. The maximum Gasteiger partial charge on any atom is 0.253 e. The number of morpholine rings is 1. The zero-order valence-electron chi connectivity index (χ0n) is 12.0. The number of hydrogen-bond donors (Lipinski definition) is 3. The van der Waals surface area contributed by atoms with Gasteiger partial charge < -0.3 is 26.4 Å². The van der Waals surface area contributed by atoms with Crippen molar-refractivity contribution < 1.29 is 14.3 Å². The van der Waals surface area contributed by atoms with Crippen LogP contribution in [0, 0.1) is 0 Å². The highest BCUT2D eigenvalue weighted by Gasteiger charge is 2.30. The molecule has 7 nitrogen and oxygen atoms in total. The number of hydrogen-bond acceptors (Lipinski definition) is 5. The molecule has 0 saturated carbocycles. The van der Waals surface area contributed by atoms with Gasteiger partial charge in [0, 0.05) is 18.8 Å². The van der Waals surface area contributed by atoms with Crippen LogP contribution in [0.25, 0.3) is 0 Å². The van der Waals surface area contributed by atoms with Crippen LogP contribution in [0.5, 0.6) is 0 Å². The molecule has 114 valence electrons. The molecular weight excluding hydrogens is 272 g/mol. The van der Waals surface area contributed by atoms with Gasteiger partial charge in [-0.1, -0.05) is 0 Å². The molecule has 5 N–H and O–H groups in total. The number of nitrogen functional groups attached to an aromatic ring is 1. The minimum Gasteiger partial charge on any atom is -0.399 e. The summed E-state index contributed by atoms with van der Waals surface area (Å²) in [6, 6.07) is 4.40. The number of carbonyl (C=O) groups excluding carboxylic acids is 2. The van der Waals surface area contributed by atoms with Gasteiger partial charge in [0.05, 0.1) is 24.5 Å². The van der Waals surface area contributed by atoms with E-state index in [4.69, 9.17) is 16.2 Å². The third-order valence-electron chi connectivity index (χ3n) is 3.37. The lowest BCUT2D eigenvalue weighted by atomic mass is 10.1. The highest BCUT2D eigenvalue weighted by Crippen LogP contribution is 2.27. The van der Waals surface area contributed by atoms with Crippen molar-refractivity contribution in [2.75, 3.05) is 36.9 Å². The second-order valence-electron chi connectivity index (χ2n) is 4.82. The van der Waals surface area contributed by atoms with Gasteiger partial charge in [-0.05, 0) is 25.1 Å². The summed E-state index contributed by atoms with van der Waals surface area (Å²) < 4.78 is 5.30. The largest absolute Gasteiger partial charge is 0.399 e. The average Bonchev–Trinajstić information content (AvgIpc) is 2.47. The highest BCUT2D eigenvalue weighted by molar-refractivity contribution is 6.01. The fourth-order valence-electron chi connectivity index (χ4n) is 2.36. The van der Waals surface area contributed by atoms with Gasteiger partial charge >= 0.3 is 0 Å². The van der Waals surface area contributed by atoms with Crippen LogP contribution in [-0.2, 0) is 9.53 Å². The standard InChI is InChI=1S/C14H20N4O3/c1-2-17-14(20)10-4-3-9(15)7-11(10)18-5-6-21-8-12(18)13(16)19/h3-4,7,12H,2,5-6,8,15H2,1H3,(H2,16,19)(H,17,20). The number of ether oxygens (including phenoxy) is 1. The normalized spacial score (nSPS) is 18.3. The summed E-state index contributed by atoms with van der Waals surface area (Å²) >= 11 is 0. The predicted octanol–water partition coefficient (Wildman–Crippen LogP) is -0.291. The number of nitrogens with one attached hydrogen (secondary N) is 1. The van der Waals surface area contributed by atoms with E-state index in [0.717, 1.165) is 0 Å². The molecule has 1 aliphatic rings. The van der Waals surface area contributed by atoms with Gasteiger partial charge in [-0.3, -0.25) is 9.59 Å². The molecule has 1 aromatic rings. The van der Waals surface area contributed by atoms with Crippen LogP contribution in [0.1, 0.15) is 17.3 Å². The van der Waals surface area contributed by atoms with E-state index in [9.17, 15) is 9.59 Å². The van der Waals surface area contributed by atoms with Gasteiger partial charge in [0.15, 0.2) is 0 Å². The van der Waals surface area contributed by atoms with Crippen molar-refractivity contribution in [1.29, 1.82) is 0 Å². The lowest BCUT2D eigenvalue weighted by molar-refractivity contribution is -0.121. The number of amides is 2. The van der Waals surface area contributed by atoms with Gasteiger partial charge in [-0.2, -0.15) is 0 Å². The fraction of sp³-hybridized carbons (Fsp3) is 0.429. The van der Waals surface area contributed by atoms with Crippen LogP contribution in [-0.4, -0.2) is 44.2 Å². The molecule has 2 amide bonds. The first-order valence-corrected chi connectivity index (χ1v) is 6.86. The molecule has 1 saturated heterocycles. The Labute approximate surface area is 123 Å². The molecular formula is C14H20N4O3. The van der Waals surface area contributed by atoms with Crippen LogP contribution >= 0.6 is 0 Å². The SMILES string of the molecule is CCNC(=O)c1ccc(N)cc1N1CCOCC1C(N)=O. The molecule has 0 bridgehead atoms. The Hall–Kier alpha value is -2.28. The molecule has 1 aromatic carbocycles. The number of benzene rings is 1. The molecule has 1 unspecified atom stereocenters. The van der Waals surface area contributed by atoms with Gasteiger partial charge in [0.1, 0.15) is 6.04 Å². The third-order valence-corrected chi connectivity index (χ3v) is 3.37. The second kappa shape index (κ2) is 6.45. The highest BCUT2D eigenvalue weighted by atomic mass is 16.5. The summed E-state index contributed by atoms with van der Waals surface area (Å²) in [5, 5.41) is 2.75. The summed E-state index contributed by atoms with van der Waals surface area (Å²) in [5.74, 6) is -0.693. The van der Waals surface area contributed by atoms with Crippen LogP contribution < -0.4 is 21.7 Å². The lowest BCUT2D eigenvalue weighted by Gasteiger charge is -2.36. The summed E-state index contributed by atoms with van der Waals surface area (Å²) in [6.07, 6.45) is 0. The molecule has 0 aliphatic carbocycles. The molecule has 0 spiro atoms. The van der Waals surface area contributed by atoms with E-state index < -0.39 is 11.9 Å². The average molecular weight is 292 g/mol. The maximum atomic E-state index is 12.2. The smallest absolute Gasteiger partial charge is 0.253 e. The third kappa shape index (κ3) is 3.25. The topological polar surface area (TPSA) is 111 Å². The molecule has 7 heteroatoms. The van der Waals surface area contributed by atoms with E-state index >= 15 is 0 Å². The van der Waals surface area contributed by atoms with Crippen molar-refractivity contribution >= 4 is 23.2 Å². The van der Waals surface area contributed by atoms with Gasteiger partial charge in [0.25, 0.3) is 5.91 Å². The van der Waals surface area contributed by atoms with Crippen molar-refractivity contribution in [3.63, 3.8) is 0 Å². The Morgan fingerprint density at radius 3 is 2.90 bits per heavy atom. The molecule has 21 heavy (non-hydrogen) atoms. The molecule has 1 aliphatic heterocycles. The number of rotatable bonds is 4. The summed E-state index contributed by atoms with van der Waals surface area (Å²) in [4.78, 5) is 25.6. The zero-order valence-corrected chi connectivity index (χ0v) is 12.0. The second-order valence-corrected chi connectivity index (χ2v) is 4.82. The molecule has 1 fully saturated rings. The van der Waals surface area contributed by atoms with E-state index in [1.54, 1.807) is 23.1 Å². The van der Waals surface area contributed by atoms with E-state index in [1.807, 2.05) is 6.92 Å². The lowest BCUT2D eigenvalue weighted by Crippen LogP contribution is -2.53. The van der Waals surface area contributed by atoms with Crippen LogP contribution in [0.2, 0.25) is 0 Å². The Balaban J connectivity index is 2.42. The van der Waals surface area contributed by atoms with Crippen molar-refractivity contribution in [2.24, 2.45) is 5.73 Å². The first-order chi connectivity index (χ1) is 10.0. The van der Waals surface area contributed by atoms with Crippen LogP contribution in [0.3, 0.4) is 0 Å². The maximum absolute atomic E-state index is 12.2. The van der Waals surface area contributed by atoms with Crippen molar-refractivity contribution in [3.8, 4) is 0 Å². The summed E-state index contributed by atoms with van der Waals surface area (Å²) in [6.45, 7) is 3.51. The molecule has 1 heterocycles. The first-order valence-electron chi connectivity index (χ1n) is 6.86. The number of anilines is 2. The van der Waals surface area contributed by atoms with Crippen molar-refractivity contribution in [2.45, 2.75) is 13.0 Å². The number of carbonyl (C=O) groups is 2. The summed E-state index contributed by atoms with van der Waals surface area (Å²) in [7, 11) is 0. The predicted molar refractivity (Wildman–Crippen MR) is 80.0 cm³/mol. The first kappa shape index (κ1) is 15.1. The Kier molecular flexibility index (Phi) is 4.64. The van der Waals surface area contributed by atoms with Crippen molar-refractivity contribution in [1.82, 2.24) is 5.32 Å². The summed E-state index contributed by atoms with van der Waals surface area (Å²) in [5.41, 5.74) is 12.8. The Bertz CT molecular complexity index is 547. The van der Waals surface area contributed by atoms with E-state index in [1.165, 1.54) is 0 Å². The van der Waals surface area contributed by atoms with E-state index in [2.05, 4.69) is 5.32 Å². The van der Waals surface area contributed by atoms with Crippen LogP contribution in [0.4, 0.5) is 11.4 Å². The van der Waals surface area contributed by atoms with E-state index in [-0.39, 0.29) is 12.5 Å². The van der Waals surface area contributed by atoms with Crippen LogP contribution in [0.15, 0.2) is 18.2 Å². The fourth-order valence-corrected chi connectivity index (χ4v) is 2.36. The monoisotopic (exact) mass is 292 g/mol. The molecule has 1 atom stereocenters. The van der Waals surface area contributed by atoms with Gasteiger partial charge in [-0.25, -0.2) is 0 Å². The zero-order chi connectivity index (χ0) is 15.4. The molecule has 0 radical (unpaired) electrons. The van der Waals surface area contributed by atoms with Crippen molar-refractivity contribution in [3.05, 3.63) is 23.8 Å². The van der Waals surface area contributed by atoms with E-state index in [0.29, 0.717) is 36.6 Å². The quantitative estimate of drug-likeness (QED) is 0.660. The number of primary amides is 1. The number of nitrogens with two attached hydrogens (primary N) is 2. The molecule has 2 rings (SSSR count). The minimum atomic E-state index is -0.603. The number of nitrogens with zero attached hydrogens (tertiary/aromatic N) is 1. The Morgan fingerprint density at radius 2 is 2.24 bits per heavy atom. The van der Waals surface area contributed by atoms with Gasteiger partial charge in [-0.15, -0.1) is 0 Å².